The van der Waals surface area contributed by atoms with Gasteiger partial charge in [0, 0.05) is 42.0 Å². The molecule has 31 heavy (non-hydrogen) atoms. The van der Waals surface area contributed by atoms with E-state index in [2.05, 4.69) is 32.6 Å². The first-order valence-corrected chi connectivity index (χ1v) is 13.1. The highest BCUT2D eigenvalue weighted by molar-refractivity contribution is 7.89. The quantitative estimate of drug-likeness (QED) is 0.491. The highest BCUT2D eigenvalue weighted by Gasteiger charge is 2.32. The van der Waals surface area contributed by atoms with Gasteiger partial charge in [0.2, 0.25) is 10.0 Å². The number of hydrogen-bond donors (Lipinski definition) is 0. The van der Waals surface area contributed by atoms with Crippen LogP contribution in [-0.2, 0) is 10.0 Å². The number of hydrogen-bond acceptors (Lipinski definition) is 6. The number of aryl methyl sites for hydroxylation is 2. The number of benzene rings is 1. The maximum atomic E-state index is 13.2. The van der Waals surface area contributed by atoms with Crippen LogP contribution in [-0.4, -0.2) is 48.9 Å². The SMILES string of the molecule is Cc1sc2nc(C(C)C)nc(N3CCN(S(=O)(=O)c4cc(Cl)ccc4Cl)CC3)c2c1C. The summed E-state index contributed by atoms with van der Waals surface area (Å²) in [5.74, 6) is 1.91. The number of fused-ring (bicyclic) bond motifs is 1. The van der Waals surface area contributed by atoms with Crippen molar-refractivity contribution in [3.63, 3.8) is 0 Å². The van der Waals surface area contributed by atoms with E-state index in [-0.39, 0.29) is 15.8 Å². The van der Waals surface area contributed by atoms with E-state index in [1.807, 2.05) is 0 Å². The number of nitrogens with zero attached hydrogens (tertiary/aromatic N) is 4. The molecule has 4 rings (SSSR count). The summed E-state index contributed by atoms with van der Waals surface area (Å²) < 4.78 is 27.8. The van der Waals surface area contributed by atoms with Crippen molar-refractivity contribution >= 4 is 60.6 Å². The number of anilines is 1. The first-order chi connectivity index (χ1) is 14.6. The van der Waals surface area contributed by atoms with Crippen LogP contribution >= 0.6 is 34.5 Å². The van der Waals surface area contributed by atoms with E-state index in [0.717, 1.165) is 21.9 Å². The second kappa shape index (κ2) is 8.48. The fourth-order valence-corrected chi connectivity index (χ4v) is 6.88. The molecule has 166 valence electrons. The Hall–Kier alpha value is -1.45. The van der Waals surface area contributed by atoms with Gasteiger partial charge in [-0.15, -0.1) is 11.3 Å². The topological polar surface area (TPSA) is 66.4 Å². The summed E-state index contributed by atoms with van der Waals surface area (Å²) in [5, 5.41) is 1.59. The molecule has 6 nitrogen and oxygen atoms in total. The van der Waals surface area contributed by atoms with Crippen molar-refractivity contribution in [3.05, 3.63) is 44.5 Å². The second-order valence-corrected chi connectivity index (χ2v) is 11.9. The van der Waals surface area contributed by atoms with Crippen LogP contribution in [0.4, 0.5) is 5.82 Å². The van der Waals surface area contributed by atoms with Crippen molar-refractivity contribution < 1.29 is 8.42 Å². The van der Waals surface area contributed by atoms with Crippen molar-refractivity contribution in [2.45, 2.75) is 38.5 Å². The minimum atomic E-state index is -3.73. The lowest BCUT2D eigenvalue weighted by molar-refractivity contribution is 0.384. The van der Waals surface area contributed by atoms with Crippen LogP contribution in [0.25, 0.3) is 10.2 Å². The Labute approximate surface area is 196 Å². The predicted molar refractivity (Wildman–Crippen MR) is 128 cm³/mol. The smallest absolute Gasteiger partial charge is 0.244 e. The van der Waals surface area contributed by atoms with E-state index in [1.165, 1.54) is 26.9 Å². The van der Waals surface area contributed by atoms with E-state index in [0.29, 0.717) is 31.2 Å². The number of halogens is 2. The summed E-state index contributed by atoms with van der Waals surface area (Å²) in [6.07, 6.45) is 0. The van der Waals surface area contributed by atoms with Gasteiger partial charge in [-0.25, -0.2) is 18.4 Å². The molecule has 0 atom stereocenters. The minimum absolute atomic E-state index is 0.0472. The van der Waals surface area contributed by atoms with Crippen LogP contribution < -0.4 is 4.90 Å². The van der Waals surface area contributed by atoms with Crippen LogP contribution in [0.5, 0.6) is 0 Å². The van der Waals surface area contributed by atoms with Crippen molar-refractivity contribution in [1.82, 2.24) is 14.3 Å². The van der Waals surface area contributed by atoms with Crippen LogP contribution in [0.3, 0.4) is 0 Å². The molecule has 0 amide bonds. The number of sulfonamides is 1. The van der Waals surface area contributed by atoms with Crippen LogP contribution in [0.1, 0.15) is 36.0 Å². The zero-order valence-electron chi connectivity index (χ0n) is 17.8. The predicted octanol–water partition coefficient (Wildman–Crippen LogP) is 5.25. The van der Waals surface area contributed by atoms with Crippen LogP contribution in [0.2, 0.25) is 10.0 Å². The van der Waals surface area contributed by atoms with Gasteiger partial charge in [0.15, 0.2) is 0 Å². The lowest BCUT2D eigenvalue weighted by Gasteiger charge is -2.35. The third kappa shape index (κ3) is 4.16. The Morgan fingerprint density at radius 2 is 1.74 bits per heavy atom. The number of aromatic nitrogens is 2. The molecule has 0 radical (unpaired) electrons. The third-order valence-corrected chi connectivity index (χ3v) is 9.31. The first-order valence-electron chi connectivity index (χ1n) is 10.1. The fraction of sp³-hybridized carbons (Fsp3) is 0.429. The summed E-state index contributed by atoms with van der Waals surface area (Å²) in [6, 6.07) is 4.50. The summed E-state index contributed by atoms with van der Waals surface area (Å²) >= 11 is 13.9. The van der Waals surface area contributed by atoms with E-state index in [9.17, 15) is 8.42 Å². The van der Waals surface area contributed by atoms with Gasteiger partial charge < -0.3 is 4.90 Å². The summed E-state index contributed by atoms with van der Waals surface area (Å²) in [4.78, 5) is 14.1. The molecule has 0 unspecified atom stereocenters. The molecule has 0 saturated carbocycles. The standard InChI is InChI=1S/C21H24Cl2N4O2S2/c1-12(2)19-24-20(18-13(3)14(4)30-21(18)25-19)26-7-9-27(10-8-26)31(28,29)17-11-15(22)5-6-16(17)23/h5-6,11-12H,7-10H2,1-4H3. The molecule has 0 bridgehead atoms. The zero-order valence-corrected chi connectivity index (χ0v) is 21.0. The highest BCUT2D eigenvalue weighted by Crippen LogP contribution is 2.37. The molecule has 1 fully saturated rings. The van der Waals surface area contributed by atoms with E-state index < -0.39 is 10.0 Å². The number of rotatable bonds is 4. The molecule has 0 spiro atoms. The Kier molecular flexibility index (Phi) is 6.22. The van der Waals surface area contributed by atoms with Gasteiger partial charge in [0.25, 0.3) is 0 Å². The Balaban J connectivity index is 1.65. The van der Waals surface area contributed by atoms with Crippen molar-refractivity contribution in [2.75, 3.05) is 31.1 Å². The summed E-state index contributed by atoms with van der Waals surface area (Å²) in [7, 11) is -3.73. The summed E-state index contributed by atoms with van der Waals surface area (Å²) in [5.41, 5.74) is 1.19. The first kappa shape index (κ1) is 22.7. The molecule has 1 aliphatic rings. The Bertz CT molecular complexity index is 1250. The van der Waals surface area contributed by atoms with E-state index in [1.54, 1.807) is 17.4 Å². The van der Waals surface area contributed by atoms with Crippen molar-refractivity contribution in [1.29, 1.82) is 0 Å². The molecular weight excluding hydrogens is 475 g/mol. The number of thiophene rings is 1. The molecule has 0 N–H and O–H groups in total. The van der Waals surface area contributed by atoms with Gasteiger partial charge >= 0.3 is 0 Å². The molecule has 2 aromatic heterocycles. The third-order valence-electron chi connectivity index (χ3n) is 5.59. The van der Waals surface area contributed by atoms with Crippen LogP contribution in [0, 0.1) is 13.8 Å². The summed E-state index contributed by atoms with van der Waals surface area (Å²) in [6.45, 7) is 10.1. The van der Waals surface area contributed by atoms with Gasteiger partial charge in [0.1, 0.15) is 21.4 Å². The maximum absolute atomic E-state index is 13.2. The van der Waals surface area contributed by atoms with Gasteiger partial charge in [-0.05, 0) is 37.6 Å². The Morgan fingerprint density at radius 1 is 1.06 bits per heavy atom. The Morgan fingerprint density at radius 3 is 2.39 bits per heavy atom. The molecule has 1 saturated heterocycles. The van der Waals surface area contributed by atoms with Crippen LogP contribution in [0.15, 0.2) is 23.1 Å². The van der Waals surface area contributed by atoms with Gasteiger partial charge in [0.05, 0.1) is 10.4 Å². The fourth-order valence-electron chi connectivity index (χ4n) is 3.69. The van der Waals surface area contributed by atoms with E-state index in [4.69, 9.17) is 33.2 Å². The van der Waals surface area contributed by atoms with Crippen molar-refractivity contribution in [2.24, 2.45) is 0 Å². The molecule has 3 heterocycles. The lowest BCUT2D eigenvalue weighted by Crippen LogP contribution is -2.49. The molecule has 10 heteroatoms. The maximum Gasteiger partial charge on any atom is 0.244 e. The average Bonchev–Trinajstić information content (AvgIpc) is 3.02. The molecule has 0 aliphatic carbocycles. The average molecular weight is 499 g/mol. The molecule has 3 aromatic rings. The lowest BCUT2D eigenvalue weighted by atomic mass is 10.1. The minimum Gasteiger partial charge on any atom is -0.353 e. The molecule has 1 aromatic carbocycles. The van der Waals surface area contributed by atoms with Crippen molar-refractivity contribution in [3.8, 4) is 0 Å². The second-order valence-electron chi connectivity index (χ2n) is 7.99. The highest BCUT2D eigenvalue weighted by atomic mass is 35.5. The largest absolute Gasteiger partial charge is 0.353 e. The normalized spacial score (nSPS) is 15.9. The van der Waals surface area contributed by atoms with E-state index >= 15 is 0 Å². The van der Waals surface area contributed by atoms with Gasteiger partial charge in [-0.3, -0.25) is 0 Å². The molecular formula is C21H24Cl2N4O2S2. The number of piperazine rings is 1. The monoisotopic (exact) mass is 498 g/mol. The van der Waals surface area contributed by atoms with Gasteiger partial charge in [-0.1, -0.05) is 37.0 Å². The zero-order chi connectivity index (χ0) is 22.5. The van der Waals surface area contributed by atoms with Gasteiger partial charge in [-0.2, -0.15) is 4.31 Å². The molecule has 1 aliphatic heterocycles.